The minimum Gasteiger partial charge on any atom is -0.383 e. The van der Waals surface area contributed by atoms with Gasteiger partial charge in [0.05, 0.1) is 6.61 Å². The van der Waals surface area contributed by atoms with Crippen molar-refractivity contribution < 1.29 is 14.3 Å². The van der Waals surface area contributed by atoms with E-state index in [-0.39, 0.29) is 17.9 Å². The number of aromatic nitrogens is 1. The first-order valence-electron chi connectivity index (χ1n) is 12.0. The van der Waals surface area contributed by atoms with Gasteiger partial charge in [0.15, 0.2) is 0 Å². The standard InChI is InChI=1S/C27H30ClN3O3/c1-34-13-12-31-24-11-8-21(28)14-20(24)15-25(31)26(32)29-22-9-6-18(7-10-22)16-30-17-19-4-2-3-5-23(19)27(30)33/h2-5,8,11,14-15,18,22H,6-7,9-10,12-13,16-17H2,1H3,(H,29,32). The van der Waals surface area contributed by atoms with Crippen LogP contribution in [-0.4, -0.2) is 47.6 Å². The van der Waals surface area contributed by atoms with E-state index in [2.05, 4.69) is 5.32 Å². The second-order valence-corrected chi connectivity index (χ2v) is 9.85. The fourth-order valence-corrected chi connectivity index (χ4v) is 5.56. The minimum atomic E-state index is -0.0583. The predicted molar refractivity (Wildman–Crippen MR) is 133 cm³/mol. The number of benzene rings is 2. The zero-order chi connectivity index (χ0) is 23.7. The lowest BCUT2D eigenvalue weighted by Crippen LogP contribution is -2.40. The first-order chi connectivity index (χ1) is 16.5. The normalized spacial score (nSPS) is 20.1. The summed E-state index contributed by atoms with van der Waals surface area (Å²) in [5.74, 6) is 0.564. The lowest BCUT2D eigenvalue weighted by atomic mass is 9.85. The molecule has 178 valence electrons. The SMILES string of the molecule is COCCn1c(C(=O)NC2CCC(CN3Cc4ccccc4C3=O)CC2)cc2cc(Cl)ccc21. The van der Waals surface area contributed by atoms with Crippen LogP contribution in [0.5, 0.6) is 0 Å². The van der Waals surface area contributed by atoms with Gasteiger partial charge in [0.25, 0.3) is 11.8 Å². The molecule has 3 aromatic rings. The quantitative estimate of drug-likeness (QED) is 0.525. The van der Waals surface area contributed by atoms with E-state index in [1.165, 1.54) is 0 Å². The zero-order valence-electron chi connectivity index (χ0n) is 19.4. The number of carbonyl (C=O) groups is 2. The van der Waals surface area contributed by atoms with Crippen molar-refractivity contribution in [2.45, 2.75) is 44.8 Å². The second kappa shape index (κ2) is 9.80. The third-order valence-corrected chi connectivity index (χ3v) is 7.41. The second-order valence-electron chi connectivity index (χ2n) is 9.41. The van der Waals surface area contributed by atoms with Crippen LogP contribution in [0.1, 0.15) is 52.1 Å². The molecular weight excluding hydrogens is 450 g/mol. The van der Waals surface area contributed by atoms with Crippen molar-refractivity contribution in [1.29, 1.82) is 0 Å². The molecule has 0 spiro atoms. The van der Waals surface area contributed by atoms with Gasteiger partial charge in [-0.15, -0.1) is 0 Å². The first kappa shape index (κ1) is 22.9. The fraction of sp³-hybridized carbons (Fsp3) is 0.407. The van der Waals surface area contributed by atoms with Crippen molar-refractivity contribution in [2.24, 2.45) is 5.92 Å². The third kappa shape index (κ3) is 4.57. The lowest BCUT2D eigenvalue weighted by Gasteiger charge is -2.31. The molecule has 0 radical (unpaired) electrons. The summed E-state index contributed by atoms with van der Waals surface area (Å²) >= 11 is 6.17. The van der Waals surface area contributed by atoms with Gasteiger partial charge in [0.2, 0.25) is 0 Å². The number of fused-ring (bicyclic) bond motifs is 2. The number of rotatable bonds is 7. The molecule has 1 aromatic heterocycles. The summed E-state index contributed by atoms with van der Waals surface area (Å²) in [6.45, 7) is 2.63. The fourth-order valence-electron chi connectivity index (χ4n) is 5.38. The highest BCUT2D eigenvalue weighted by atomic mass is 35.5. The molecule has 0 saturated heterocycles. The number of amides is 2. The molecule has 34 heavy (non-hydrogen) atoms. The molecular formula is C27H30ClN3O3. The minimum absolute atomic E-state index is 0.0583. The van der Waals surface area contributed by atoms with E-state index in [4.69, 9.17) is 16.3 Å². The maximum absolute atomic E-state index is 13.2. The van der Waals surface area contributed by atoms with Crippen LogP contribution in [0.3, 0.4) is 0 Å². The van der Waals surface area contributed by atoms with Crippen LogP contribution < -0.4 is 5.32 Å². The van der Waals surface area contributed by atoms with Crippen LogP contribution in [0, 0.1) is 5.92 Å². The van der Waals surface area contributed by atoms with Crippen LogP contribution in [0.4, 0.5) is 0 Å². The highest BCUT2D eigenvalue weighted by molar-refractivity contribution is 6.31. The van der Waals surface area contributed by atoms with Gasteiger partial charge < -0.3 is 19.5 Å². The Bertz CT molecular complexity index is 1210. The van der Waals surface area contributed by atoms with E-state index in [9.17, 15) is 9.59 Å². The maximum atomic E-state index is 13.2. The van der Waals surface area contributed by atoms with E-state index in [0.717, 1.165) is 54.3 Å². The Morgan fingerprint density at radius 2 is 1.91 bits per heavy atom. The van der Waals surface area contributed by atoms with E-state index >= 15 is 0 Å². The highest BCUT2D eigenvalue weighted by Crippen LogP contribution is 2.30. The van der Waals surface area contributed by atoms with Crippen molar-refractivity contribution in [1.82, 2.24) is 14.8 Å². The number of nitrogens with one attached hydrogen (secondary N) is 1. The van der Waals surface area contributed by atoms with Gasteiger partial charge in [-0.25, -0.2) is 0 Å². The van der Waals surface area contributed by atoms with Crippen molar-refractivity contribution in [3.8, 4) is 0 Å². The summed E-state index contributed by atoms with van der Waals surface area (Å²) < 4.78 is 7.27. The van der Waals surface area contributed by atoms with Gasteiger partial charge >= 0.3 is 0 Å². The lowest BCUT2D eigenvalue weighted by molar-refractivity contribution is 0.0732. The number of nitrogens with zero attached hydrogens (tertiary/aromatic N) is 2. The summed E-state index contributed by atoms with van der Waals surface area (Å²) in [6.07, 6.45) is 3.87. The van der Waals surface area contributed by atoms with Crippen LogP contribution in [0.25, 0.3) is 10.9 Å². The topological polar surface area (TPSA) is 63.6 Å². The van der Waals surface area contributed by atoms with Crippen LogP contribution in [-0.2, 0) is 17.8 Å². The molecule has 2 amide bonds. The molecule has 1 N–H and O–H groups in total. The van der Waals surface area contributed by atoms with Gasteiger partial charge in [0.1, 0.15) is 5.69 Å². The first-order valence-corrected chi connectivity index (χ1v) is 12.4. The molecule has 1 aliphatic heterocycles. The molecule has 6 nitrogen and oxygen atoms in total. The molecule has 5 rings (SSSR count). The number of halogens is 1. The van der Waals surface area contributed by atoms with Gasteiger partial charge in [-0.1, -0.05) is 29.8 Å². The van der Waals surface area contributed by atoms with Gasteiger partial charge in [0, 0.05) is 54.3 Å². The Labute approximate surface area is 204 Å². The molecule has 1 aliphatic carbocycles. The molecule has 7 heteroatoms. The number of ether oxygens (including phenoxy) is 1. The van der Waals surface area contributed by atoms with Gasteiger partial charge in [-0.3, -0.25) is 9.59 Å². The number of hydrogen-bond acceptors (Lipinski definition) is 3. The van der Waals surface area contributed by atoms with Crippen molar-refractivity contribution in [3.63, 3.8) is 0 Å². The molecule has 1 fully saturated rings. The zero-order valence-corrected chi connectivity index (χ0v) is 20.2. The van der Waals surface area contributed by atoms with Crippen molar-refractivity contribution >= 4 is 34.3 Å². The summed E-state index contributed by atoms with van der Waals surface area (Å²) in [4.78, 5) is 27.9. The molecule has 2 aromatic carbocycles. The third-order valence-electron chi connectivity index (χ3n) is 7.17. The van der Waals surface area contributed by atoms with E-state index in [1.807, 2.05) is 58.0 Å². The summed E-state index contributed by atoms with van der Waals surface area (Å²) in [7, 11) is 1.66. The Hall–Kier alpha value is -2.83. The van der Waals surface area contributed by atoms with Crippen LogP contribution in [0.2, 0.25) is 5.02 Å². The Morgan fingerprint density at radius 1 is 1.12 bits per heavy atom. The Balaban J connectivity index is 1.20. The van der Waals surface area contributed by atoms with E-state index in [0.29, 0.717) is 36.3 Å². The smallest absolute Gasteiger partial charge is 0.268 e. The van der Waals surface area contributed by atoms with Crippen LogP contribution >= 0.6 is 11.6 Å². The molecule has 2 heterocycles. The molecule has 2 aliphatic rings. The van der Waals surface area contributed by atoms with Crippen LogP contribution in [0.15, 0.2) is 48.5 Å². The monoisotopic (exact) mass is 479 g/mol. The largest absolute Gasteiger partial charge is 0.383 e. The number of hydrogen-bond donors (Lipinski definition) is 1. The summed E-state index contributed by atoms with van der Waals surface area (Å²) in [5.41, 5.74) is 3.58. The number of carbonyl (C=O) groups excluding carboxylic acids is 2. The molecule has 0 bridgehead atoms. The van der Waals surface area contributed by atoms with Gasteiger partial charge in [-0.2, -0.15) is 0 Å². The summed E-state index contributed by atoms with van der Waals surface area (Å²) in [5, 5.41) is 4.86. The average molecular weight is 480 g/mol. The molecule has 1 saturated carbocycles. The predicted octanol–water partition coefficient (Wildman–Crippen LogP) is 4.89. The van der Waals surface area contributed by atoms with E-state index in [1.54, 1.807) is 7.11 Å². The van der Waals surface area contributed by atoms with E-state index < -0.39 is 0 Å². The summed E-state index contributed by atoms with van der Waals surface area (Å²) in [6, 6.07) is 15.6. The Morgan fingerprint density at radius 3 is 2.68 bits per heavy atom. The Kier molecular flexibility index (Phi) is 6.61. The van der Waals surface area contributed by atoms with Crippen molar-refractivity contribution in [3.05, 3.63) is 70.4 Å². The average Bonchev–Trinajstić information content (AvgIpc) is 3.36. The van der Waals surface area contributed by atoms with Crippen molar-refractivity contribution in [2.75, 3.05) is 20.3 Å². The molecule has 0 atom stereocenters. The molecule has 0 unspecified atom stereocenters. The number of methoxy groups -OCH3 is 1. The van der Waals surface area contributed by atoms with Gasteiger partial charge in [-0.05, 0) is 67.5 Å². The maximum Gasteiger partial charge on any atom is 0.268 e. The highest BCUT2D eigenvalue weighted by Gasteiger charge is 2.31.